The van der Waals surface area contributed by atoms with Crippen LogP contribution in [0.5, 0.6) is 0 Å². The summed E-state index contributed by atoms with van der Waals surface area (Å²) in [6.45, 7) is 3.07. The van der Waals surface area contributed by atoms with Crippen LogP contribution in [-0.2, 0) is 4.79 Å². The van der Waals surface area contributed by atoms with Gasteiger partial charge in [-0.25, -0.2) is 0 Å². The fourth-order valence-corrected chi connectivity index (χ4v) is 0.436. The third-order valence-corrected chi connectivity index (χ3v) is 0.961. The number of halogens is 3. The van der Waals surface area contributed by atoms with Crippen LogP contribution in [0.3, 0.4) is 0 Å². The van der Waals surface area contributed by atoms with Gasteiger partial charge in [0.15, 0.2) is 5.78 Å². The van der Waals surface area contributed by atoms with E-state index < -0.39 is 24.5 Å². The van der Waals surface area contributed by atoms with Gasteiger partial charge >= 0.3 is 6.18 Å². The molecule has 0 aromatic rings. The van der Waals surface area contributed by atoms with Crippen molar-refractivity contribution in [2.45, 2.75) is 18.7 Å². The van der Waals surface area contributed by atoms with E-state index in [0.717, 1.165) is 6.08 Å². The van der Waals surface area contributed by atoms with Crippen molar-refractivity contribution in [2.75, 3.05) is 0 Å². The van der Waals surface area contributed by atoms with Crippen molar-refractivity contribution in [1.82, 2.24) is 0 Å². The monoisotopic (exact) mass is 168 g/mol. The Bertz CT molecular complexity index is 162. The summed E-state index contributed by atoms with van der Waals surface area (Å²) in [6, 6.07) is 0. The summed E-state index contributed by atoms with van der Waals surface area (Å²) in [5, 5.41) is 8.26. The van der Waals surface area contributed by atoms with Gasteiger partial charge in [-0.2, -0.15) is 13.2 Å². The molecule has 64 valence electrons. The minimum absolute atomic E-state index is 0.472. The lowest BCUT2D eigenvalue weighted by Crippen LogP contribution is -2.35. The Hall–Kier alpha value is -0.840. The molecule has 0 heterocycles. The van der Waals surface area contributed by atoms with E-state index in [2.05, 4.69) is 6.58 Å². The van der Waals surface area contributed by atoms with Gasteiger partial charge in [0.05, 0.1) is 0 Å². The first kappa shape index (κ1) is 10.2. The minimum atomic E-state index is -4.86. The summed E-state index contributed by atoms with van der Waals surface area (Å²) in [4.78, 5) is 10.3. The molecule has 1 atom stereocenters. The summed E-state index contributed by atoms with van der Waals surface area (Å²) >= 11 is 0. The fraction of sp³-hybridized carbons (Fsp3) is 0.500. The van der Waals surface area contributed by atoms with Gasteiger partial charge in [0, 0.05) is 6.42 Å². The summed E-state index contributed by atoms with van der Waals surface area (Å²) < 4.78 is 34.6. The number of allylic oxidation sites excluding steroid dienone is 1. The Labute approximate surface area is 61.3 Å². The number of carbonyl (C=O) groups is 1. The molecular formula is C6H7F3O2. The van der Waals surface area contributed by atoms with Crippen molar-refractivity contribution in [1.29, 1.82) is 0 Å². The van der Waals surface area contributed by atoms with Crippen molar-refractivity contribution >= 4 is 5.78 Å². The number of Topliss-reactive ketones (excluding diaryl/α,β-unsaturated/α-hetero) is 1. The molecule has 0 saturated heterocycles. The van der Waals surface area contributed by atoms with Gasteiger partial charge in [-0.05, 0) is 0 Å². The maximum Gasteiger partial charge on any atom is 0.421 e. The van der Waals surface area contributed by atoms with E-state index in [4.69, 9.17) is 5.11 Å². The number of alkyl halides is 3. The second-order valence-corrected chi connectivity index (χ2v) is 1.90. The number of aliphatic hydroxyl groups excluding tert-OH is 1. The van der Waals surface area contributed by atoms with E-state index >= 15 is 0 Å². The van der Waals surface area contributed by atoms with E-state index in [9.17, 15) is 18.0 Å². The quantitative estimate of drug-likeness (QED) is 0.639. The molecule has 0 aromatic heterocycles. The zero-order valence-electron chi connectivity index (χ0n) is 5.56. The second-order valence-electron chi connectivity index (χ2n) is 1.90. The highest BCUT2D eigenvalue weighted by Gasteiger charge is 2.42. The lowest BCUT2D eigenvalue weighted by Gasteiger charge is -2.11. The summed E-state index contributed by atoms with van der Waals surface area (Å²) in [7, 11) is 0. The molecule has 0 aliphatic heterocycles. The zero-order chi connectivity index (χ0) is 9.07. The smallest absolute Gasteiger partial charge is 0.377 e. The molecule has 0 unspecified atom stereocenters. The molecule has 0 rings (SSSR count). The minimum Gasteiger partial charge on any atom is -0.377 e. The molecule has 0 aliphatic rings. The van der Waals surface area contributed by atoms with Crippen LogP contribution >= 0.6 is 0 Å². The van der Waals surface area contributed by atoms with Crippen LogP contribution in [0.25, 0.3) is 0 Å². The van der Waals surface area contributed by atoms with Gasteiger partial charge in [-0.1, -0.05) is 6.08 Å². The van der Waals surface area contributed by atoms with Crippen LogP contribution in [-0.4, -0.2) is 23.2 Å². The third-order valence-electron chi connectivity index (χ3n) is 0.961. The highest BCUT2D eigenvalue weighted by molar-refractivity contribution is 5.84. The van der Waals surface area contributed by atoms with Crippen molar-refractivity contribution in [3.63, 3.8) is 0 Å². The number of rotatable bonds is 3. The Kier molecular flexibility index (Phi) is 3.25. The predicted molar refractivity (Wildman–Crippen MR) is 31.9 cm³/mol. The third kappa shape index (κ3) is 3.18. The fourth-order valence-electron chi connectivity index (χ4n) is 0.436. The van der Waals surface area contributed by atoms with Crippen molar-refractivity contribution < 1.29 is 23.1 Å². The SMILES string of the molecule is C=CCC(=O)[C@H](O)C(F)(F)F. The molecule has 0 spiro atoms. The topological polar surface area (TPSA) is 37.3 Å². The van der Waals surface area contributed by atoms with Gasteiger partial charge in [-0.15, -0.1) is 6.58 Å². The van der Waals surface area contributed by atoms with Gasteiger partial charge < -0.3 is 5.11 Å². The van der Waals surface area contributed by atoms with Crippen LogP contribution in [0.1, 0.15) is 6.42 Å². The normalized spacial score (nSPS) is 14.2. The first-order valence-corrected chi connectivity index (χ1v) is 2.78. The Morgan fingerprint density at radius 1 is 1.64 bits per heavy atom. The largest absolute Gasteiger partial charge is 0.421 e. The summed E-state index contributed by atoms with van der Waals surface area (Å²) in [6.07, 6.45) is -7.20. The molecule has 5 heteroatoms. The molecule has 0 bridgehead atoms. The Morgan fingerprint density at radius 2 is 2.09 bits per heavy atom. The first-order valence-electron chi connectivity index (χ1n) is 2.78. The molecule has 0 fully saturated rings. The number of hydrogen-bond donors (Lipinski definition) is 1. The molecule has 0 aromatic carbocycles. The van der Waals surface area contributed by atoms with E-state index in [1.54, 1.807) is 0 Å². The number of ketones is 1. The number of hydrogen-bond acceptors (Lipinski definition) is 2. The summed E-state index contributed by atoms with van der Waals surface area (Å²) in [5.74, 6) is -1.28. The van der Waals surface area contributed by atoms with Gasteiger partial charge in [0.1, 0.15) is 0 Å². The predicted octanol–water partition coefficient (Wildman–Crippen LogP) is 1.05. The Balaban J connectivity index is 4.13. The lowest BCUT2D eigenvalue weighted by atomic mass is 10.1. The van der Waals surface area contributed by atoms with Crippen LogP contribution in [0.15, 0.2) is 12.7 Å². The van der Waals surface area contributed by atoms with Gasteiger partial charge in [0.2, 0.25) is 6.10 Å². The lowest BCUT2D eigenvalue weighted by molar-refractivity contribution is -0.203. The molecule has 2 nitrogen and oxygen atoms in total. The molecule has 0 saturated carbocycles. The van der Waals surface area contributed by atoms with Gasteiger partial charge in [0.25, 0.3) is 0 Å². The average molecular weight is 168 g/mol. The van der Waals surface area contributed by atoms with E-state index in [0.29, 0.717) is 0 Å². The number of aliphatic hydroxyl groups is 1. The maximum absolute atomic E-state index is 11.5. The average Bonchev–Trinajstić information content (AvgIpc) is 1.85. The Morgan fingerprint density at radius 3 is 2.36 bits per heavy atom. The molecular weight excluding hydrogens is 161 g/mol. The van der Waals surface area contributed by atoms with Crippen LogP contribution in [0.2, 0.25) is 0 Å². The van der Waals surface area contributed by atoms with Crippen LogP contribution in [0, 0.1) is 0 Å². The molecule has 0 radical (unpaired) electrons. The highest BCUT2D eigenvalue weighted by Crippen LogP contribution is 2.21. The van der Waals surface area contributed by atoms with Crippen molar-refractivity contribution in [3.05, 3.63) is 12.7 Å². The standard InChI is InChI=1S/C6H7F3O2/c1-2-3-4(10)5(11)6(7,8)9/h2,5,11H,1,3H2/t5-/m0/s1. The van der Waals surface area contributed by atoms with E-state index in [1.807, 2.05) is 0 Å². The van der Waals surface area contributed by atoms with E-state index in [1.165, 1.54) is 0 Å². The molecule has 0 amide bonds. The van der Waals surface area contributed by atoms with Crippen LogP contribution < -0.4 is 0 Å². The zero-order valence-corrected chi connectivity index (χ0v) is 5.56. The molecule has 0 aliphatic carbocycles. The van der Waals surface area contributed by atoms with E-state index in [-0.39, 0.29) is 0 Å². The number of carbonyl (C=O) groups excluding carboxylic acids is 1. The van der Waals surface area contributed by atoms with Crippen molar-refractivity contribution in [3.8, 4) is 0 Å². The highest BCUT2D eigenvalue weighted by atomic mass is 19.4. The van der Waals surface area contributed by atoms with Gasteiger partial charge in [-0.3, -0.25) is 4.79 Å². The van der Waals surface area contributed by atoms with Crippen LogP contribution in [0.4, 0.5) is 13.2 Å². The maximum atomic E-state index is 11.5. The molecule has 1 N–H and O–H groups in total. The molecule has 11 heavy (non-hydrogen) atoms. The first-order chi connectivity index (χ1) is 4.89. The van der Waals surface area contributed by atoms with Crippen molar-refractivity contribution in [2.24, 2.45) is 0 Å². The second kappa shape index (κ2) is 3.52. The summed E-state index contributed by atoms with van der Waals surface area (Å²) in [5.41, 5.74) is 0.